The van der Waals surface area contributed by atoms with Crippen LogP contribution in [0.2, 0.25) is 0 Å². The molecule has 0 aromatic rings. The molecule has 0 spiro atoms. The van der Waals surface area contributed by atoms with Crippen molar-refractivity contribution in [3.8, 4) is 0 Å². The zero-order valence-corrected chi connectivity index (χ0v) is 11.0. The molecule has 0 aliphatic heterocycles. The number of thioether (sulfide) groups is 1. The lowest BCUT2D eigenvalue weighted by molar-refractivity contribution is -0.153. The highest BCUT2D eigenvalue weighted by Gasteiger charge is 2.47. The number of hydrogen-bond acceptors (Lipinski definition) is 3. The molecule has 86 valence electrons. The number of carbonyl (C=O) groups excluding carboxylic acids is 1. The predicted molar refractivity (Wildman–Crippen MR) is 65.0 cm³/mol. The van der Waals surface area contributed by atoms with Crippen LogP contribution in [0, 0.1) is 5.41 Å². The Balaban J connectivity index is 2.92. The zero-order chi connectivity index (χ0) is 11.6. The molecule has 0 fully saturated rings. The molecule has 0 bridgehead atoms. The molecule has 1 rings (SSSR count). The van der Waals surface area contributed by atoms with E-state index in [0.29, 0.717) is 6.61 Å². The SMILES string of the molecule is CCOC(=O)[C@]1(C)CC(C)=C(C)[C@@H]1SC. The molecule has 0 saturated carbocycles. The number of esters is 1. The maximum absolute atomic E-state index is 12.0. The fourth-order valence-electron chi connectivity index (χ4n) is 2.40. The first-order chi connectivity index (χ1) is 6.97. The van der Waals surface area contributed by atoms with Gasteiger partial charge in [0.2, 0.25) is 0 Å². The van der Waals surface area contributed by atoms with E-state index in [1.165, 1.54) is 11.1 Å². The van der Waals surface area contributed by atoms with Crippen molar-refractivity contribution >= 4 is 17.7 Å². The second-order valence-corrected chi connectivity index (χ2v) is 5.34. The first kappa shape index (κ1) is 12.6. The van der Waals surface area contributed by atoms with Gasteiger partial charge in [-0.15, -0.1) is 0 Å². The first-order valence-electron chi connectivity index (χ1n) is 5.33. The van der Waals surface area contributed by atoms with E-state index in [2.05, 4.69) is 20.1 Å². The van der Waals surface area contributed by atoms with Crippen LogP contribution in [0.4, 0.5) is 0 Å². The van der Waals surface area contributed by atoms with Gasteiger partial charge in [-0.25, -0.2) is 0 Å². The van der Waals surface area contributed by atoms with E-state index in [1.807, 2.05) is 13.8 Å². The molecule has 2 nitrogen and oxygen atoms in total. The van der Waals surface area contributed by atoms with E-state index in [4.69, 9.17) is 4.74 Å². The minimum atomic E-state index is -0.358. The van der Waals surface area contributed by atoms with Gasteiger partial charge < -0.3 is 4.74 Å². The standard InChI is InChI=1S/C12H20O2S/c1-6-14-11(13)12(4)7-8(2)9(3)10(12)15-5/h10H,6-7H2,1-5H3/t10-,12+/m0/s1. The number of allylic oxidation sites excluding steroid dienone is 1. The van der Waals surface area contributed by atoms with Crippen LogP contribution in [-0.4, -0.2) is 24.1 Å². The first-order valence-corrected chi connectivity index (χ1v) is 6.62. The third-order valence-electron chi connectivity index (χ3n) is 3.25. The summed E-state index contributed by atoms with van der Waals surface area (Å²) in [5.74, 6) is -0.0550. The number of ether oxygens (including phenoxy) is 1. The van der Waals surface area contributed by atoms with Crippen LogP contribution >= 0.6 is 11.8 Å². The maximum atomic E-state index is 12.0. The van der Waals surface area contributed by atoms with Crippen molar-refractivity contribution in [2.75, 3.05) is 12.9 Å². The molecule has 0 unspecified atom stereocenters. The minimum absolute atomic E-state index is 0.0550. The fraction of sp³-hybridized carbons (Fsp3) is 0.750. The molecule has 0 aromatic heterocycles. The van der Waals surface area contributed by atoms with Crippen LogP contribution in [-0.2, 0) is 9.53 Å². The van der Waals surface area contributed by atoms with Crippen molar-refractivity contribution in [3.05, 3.63) is 11.1 Å². The Hall–Kier alpha value is -0.440. The largest absolute Gasteiger partial charge is 0.466 e. The summed E-state index contributed by atoms with van der Waals surface area (Å²) in [6, 6.07) is 0. The van der Waals surface area contributed by atoms with Crippen molar-refractivity contribution < 1.29 is 9.53 Å². The van der Waals surface area contributed by atoms with Crippen LogP contribution in [0.5, 0.6) is 0 Å². The lowest BCUT2D eigenvalue weighted by Crippen LogP contribution is -2.36. The van der Waals surface area contributed by atoms with E-state index in [1.54, 1.807) is 11.8 Å². The average molecular weight is 228 g/mol. The van der Waals surface area contributed by atoms with Crippen molar-refractivity contribution in [3.63, 3.8) is 0 Å². The molecule has 15 heavy (non-hydrogen) atoms. The van der Waals surface area contributed by atoms with E-state index < -0.39 is 0 Å². The highest BCUT2D eigenvalue weighted by molar-refractivity contribution is 7.99. The van der Waals surface area contributed by atoms with Gasteiger partial charge in [0.25, 0.3) is 0 Å². The summed E-state index contributed by atoms with van der Waals surface area (Å²) in [5.41, 5.74) is 2.33. The molecule has 3 heteroatoms. The summed E-state index contributed by atoms with van der Waals surface area (Å²) in [6.45, 7) is 8.58. The Morgan fingerprint density at radius 1 is 1.60 bits per heavy atom. The minimum Gasteiger partial charge on any atom is -0.466 e. The summed E-state index contributed by atoms with van der Waals surface area (Å²) < 4.78 is 5.18. The summed E-state index contributed by atoms with van der Waals surface area (Å²) in [6.07, 6.45) is 2.90. The molecular formula is C12H20O2S. The van der Waals surface area contributed by atoms with Crippen LogP contribution < -0.4 is 0 Å². The van der Waals surface area contributed by atoms with Crippen molar-refractivity contribution in [1.29, 1.82) is 0 Å². The molecule has 0 aromatic carbocycles. The van der Waals surface area contributed by atoms with Crippen molar-refractivity contribution in [2.45, 2.75) is 39.4 Å². The van der Waals surface area contributed by atoms with Gasteiger partial charge in [-0.3, -0.25) is 4.79 Å². The van der Waals surface area contributed by atoms with Gasteiger partial charge in [0.05, 0.1) is 12.0 Å². The van der Waals surface area contributed by atoms with Gasteiger partial charge in [0.1, 0.15) is 0 Å². The lowest BCUT2D eigenvalue weighted by atomic mass is 9.86. The van der Waals surface area contributed by atoms with Gasteiger partial charge >= 0.3 is 5.97 Å². The summed E-state index contributed by atoms with van der Waals surface area (Å²) in [7, 11) is 0. The van der Waals surface area contributed by atoms with Crippen LogP contribution in [0.15, 0.2) is 11.1 Å². The number of rotatable bonds is 3. The van der Waals surface area contributed by atoms with Crippen molar-refractivity contribution in [1.82, 2.24) is 0 Å². The van der Waals surface area contributed by atoms with Gasteiger partial charge in [-0.1, -0.05) is 11.1 Å². The Kier molecular flexibility index (Phi) is 3.87. The summed E-state index contributed by atoms with van der Waals surface area (Å²) in [4.78, 5) is 12.0. The topological polar surface area (TPSA) is 26.3 Å². The molecule has 2 atom stereocenters. The maximum Gasteiger partial charge on any atom is 0.313 e. The molecule has 0 amide bonds. The Morgan fingerprint density at radius 3 is 2.67 bits per heavy atom. The van der Waals surface area contributed by atoms with E-state index in [-0.39, 0.29) is 16.6 Å². The monoisotopic (exact) mass is 228 g/mol. The Labute approximate surface area is 96.5 Å². The van der Waals surface area contributed by atoms with Crippen LogP contribution in [0.3, 0.4) is 0 Å². The third kappa shape index (κ3) is 2.07. The highest BCUT2D eigenvalue weighted by Crippen LogP contribution is 2.48. The number of hydrogen-bond donors (Lipinski definition) is 0. The molecule has 0 heterocycles. The highest BCUT2D eigenvalue weighted by atomic mass is 32.2. The lowest BCUT2D eigenvalue weighted by Gasteiger charge is -2.29. The normalized spacial score (nSPS) is 30.9. The summed E-state index contributed by atoms with van der Waals surface area (Å²) in [5, 5.41) is 0.275. The molecule has 1 aliphatic rings. The second-order valence-electron chi connectivity index (χ2n) is 4.39. The predicted octanol–water partition coefficient (Wildman–Crippen LogP) is 3.03. The van der Waals surface area contributed by atoms with Crippen LogP contribution in [0.1, 0.15) is 34.1 Å². The molecule has 0 N–H and O–H groups in total. The molecule has 0 saturated heterocycles. The van der Waals surface area contributed by atoms with E-state index in [9.17, 15) is 4.79 Å². The zero-order valence-electron chi connectivity index (χ0n) is 10.2. The van der Waals surface area contributed by atoms with Gasteiger partial charge in [0, 0.05) is 5.25 Å². The molecule has 1 aliphatic carbocycles. The van der Waals surface area contributed by atoms with Gasteiger partial charge in [0.15, 0.2) is 0 Å². The Morgan fingerprint density at radius 2 is 2.20 bits per heavy atom. The number of carbonyl (C=O) groups is 1. The molecular weight excluding hydrogens is 208 g/mol. The van der Waals surface area contributed by atoms with Crippen LogP contribution in [0.25, 0.3) is 0 Å². The quantitative estimate of drug-likeness (QED) is 0.548. The third-order valence-corrected chi connectivity index (χ3v) is 4.60. The van der Waals surface area contributed by atoms with E-state index in [0.717, 1.165) is 6.42 Å². The van der Waals surface area contributed by atoms with Crippen molar-refractivity contribution in [2.24, 2.45) is 5.41 Å². The molecule has 0 radical (unpaired) electrons. The average Bonchev–Trinajstić information content (AvgIpc) is 2.39. The fourth-order valence-corrected chi connectivity index (χ4v) is 3.65. The smallest absolute Gasteiger partial charge is 0.313 e. The van der Waals surface area contributed by atoms with E-state index >= 15 is 0 Å². The second kappa shape index (κ2) is 4.60. The summed E-state index contributed by atoms with van der Waals surface area (Å²) >= 11 is 1.75. The van der Waals surface area contributed by atoms with Gasteiger partial charge in [-0.05, 0) is 40.4 Å². The van der Waals surface area contributed by atoms with Gasteiger partial charge in [-0.2, -0.15) is 11.8 Å². The Bertz CT molecular complexity index is 296.